The Morgan fingerprint density at radius 3 is 2.57 bits per heavy atom. The van der Waals surface area contributed by atoms with Crippen LogP contribution in [0.5, 0.6) is 0 Å². The van der Waals surface area contributed by atoms with E-state index in [-0.39, 0.29) is 31.0 Å². The van der Waals surface area contributed by atoms with Gasteiger partial charge in [-0.1, -0.05) is 29.8 Å². The van der Waals surface area contributed by atoms with Crippen LogP contribution in [0.3, 0.4) is 0 Å². The number of amides is 2. The van der Waals surface area contributed by atoms with E-state index in [1.165, 1.54) is 4.90 Å². The molecule has 3 aliphatic heterocycles. The van der Waals surface area contributed by atoms with Crippen molar-refractivity contribution in [3.05, 3.63) is 64.4 Å². The highest BCUT2D eigenvalue weighted by atomic mass is 35.5. The largest absolute Gasteiger partial charge is 0.394 e. The van der Waals surface area contributed by atoms with E-state index in [1.807, 2.05) is 24.3 Å². The van der Waals surface area contributed by atoms with E-state index in [0.717, 1.165) is 50.4 Å². The summed E-state index contributed by atoms with van der Waals surface area (Å²) in [5.41, 5.74) is 3.11. The number of aliphatic hydroxyl groups is 1. The summed E-state index contributed by atoms with van der Waals surface area (Å²) in [6.07, 6.45) is 3.30. The lowest BCUT2D eigenvalue weighted by molar-refractivity contribution is -0.126. The topological polar surface area (TPSA) is 136 Å². The Kier molecular flexibility index (Phi) is 10.2. The summed E-state index contributed by atoms with van der Waals surface area (Å²) in [7, 11) is 0. The van der Waals surface area contributed by atoms with Gasteiger partial charge >= 0.3 is 0 Å². The van der Waals surface area contributed by atoms with Crippen LogP contribution in [0.2, 0.25) is 5.02 Å². The minimum Gasteiger partial charge on any atom is -0.394 e. The number of carbonyl (C=O) groups is 2. The molecule has 0 aliphatic carbocycles. The zero-order chi connectivity index (χ0) is 33.1. The molecule has 0 unspecified atom stereocenters. The number of nitrogens with zero attached hydrogens (tertiary/aromatic N) is 6. The van der Waals surface area contributed by atoms with Gasteiger partial charge in [-0.05, 0) is 57.4 Å². The molecule has 2 fully saturated rings. The van der Waals surface area contributed by atoms with Gasteiger partial charge in [0.25, 0.3) is 5.91 Å². The number of pyridine rings is 1. The van der Waals surface area contributed by atoms with Gasteiger partial charge in [-0.3, -0.25) is 14.5 Å². The smallest absolute Gasteiger partial charge is 0.255 e. The lowest BCUT2D eigenvalue weighted by Crippen LogP contribution is -2.49. The molecule has 0 radical (unpaired) electrons. The van der Waals surface area contributed by atoms with Crippen molar-refractivity contribution in [1.82, 2.24) is 30.1 Å². The molecule has 13 heteroatoms. The molecule has 5 heterocycles. The molecule has 47 heavy (non-hydrogen) atoms. The standard InChI is InChI=1S/C34H43ClN8O4/c1-21(2)41-11-13-42(14-12-41)30-6-4-5-28(38-30)29(20-44)39-32(45)22(3)43-19-24-8-7-23(17-26(24)33(43)46)31-27(35)18-36-34(40-31)37-25-9-15-47-16-10-25/h4-8,17-18,21-22,25,29,44H,9-16,19-20H2,1-3H3,(H,39,45)(H,36,37,40)/t22-,29-/m1/s1. The lowest BCUT2D eigenvalue weighted by Gasteiger charge is -2.37. The number of fused-ring (bicyclic) bond motifs is 1. The van der Waals surface area contributed by atoms with Crippen molar-refractivity contribution in [2.75, 3.05) is 56.2 Å². The van der Waals surface area contributed by atoms with Crippen molar-refractivity contribution in [2.45, 2.75) is 64.3 Å². The number of hydrogen-bond acceptors (Lipinski definition) is 10. The van der Waals surface area contributed by atoms with Crippen molar-refractivity contribution >= 4 is 35.2 Å². The number of halogens is 1. The predicted octanol–water partition coefficient (Wildman–Crippen LogP) is 3.51. The van der Waals surface area contributed by atoms with E-state index in [9.17, 15) is 14.7 Å². The van der Waals surface area contributed by atoms with Gasteiger partial charge in [-0.25, -0.2) is 15.0 Å². The van der Waals surface area contributed by atoms with Crippen LogP contribution in [-0.2, 0) is 16.1 Å². The predicted molar refractivity (Wildman–Crippen MR) is 180 cm³/mol. The summed E-state index contributed by atoms with van der Waals surface area (Å²) in [6.45, 7) is 11.1. The number of carbonyl (C=O) groups excluding carboxylic acids is 2. The normalized spacial score (nSPS) is 18.7. The summed E-state index contributed by atoms with van der Waals surface area (Å²) in [4.78, 5) is 47.1. The molecule has 1 aromatic carbocycles. The fourth-order valence-corrected chi connectivity index (χ4v) is 6.57. The van der Waals surface area contributed by atoms with Crippen LogP contribution in [0, 0.1) is 0 Å². The maximum atomic E-state index is 13.6. The molecule has 2 aromatic heterocycles. The first-order valence-electron chi connectivity index (χ1n) is 16.4. The number of rotatable bonds is 10. The number of aliphatic hydroxyl groups excluding tert-OH is 1. The van der Waals surface area contributed by atoms with Crippen molar-refractivity contribution in [3.63, 3.8) is 0 Å². The number of piperazine rings is 1. The summed E-state index contributed by atoms with van der Waals surface area (Å²) in [5.74, 6) is 0.674. The van der Waals surface area contributed by atoms with Crippen LogP contribution >= 0.6 is 11.6 Å². The third-order valence-corrected chi connectivity index (χ3v) is 9.62. The Bertz CT molecular complexity index is 1590. The number of anilines is 2. The highest BCUT2D eigenvalue weighted by molar-refractivity contribution is 6.33. The maximum Gasteiger partial charge on any atom is 0.255 e. The van der Waals surface area contributed by atoms with Gasteiger partial charge in [0.05, 0.1) is 35.3 Å². The van der Waals surface area contributed by atoms with E-state index in [1.54, 1.807) is 25.3 Å². The first-order chi connectivity index (χ1) is 22.7. The monoisotopic (exact) mass is 662 g/mol. The van der Waals surface area contributed by atoms with Crippen molar-refractivity contribution in [1.29, 1.82) is 0 Å². The minimum atomic E-state index is -0.780. The average Bonchev–Trinajstić information content (AvgIpc) is 3.43. The first-order valence-corrected chi connectivity index (χ1v) is 16.8. The highest BCUT2D eigenvalue weighted by Crippen LogP contribution is 2.32. The second-order valence-electron chi connectivity index (χ2n) is 12.7. The van der Waals surface area contributed by atoms with Crippen LogP contribution in [0.4, 0.5) is 11.8 Å². The second-order valence-corrected chi connectivity index (χ2v) is 13.1. The van der Waals surface area contributed by atoms with Gasteiger partial charge in [0.2, 0.25) is 11.9 Å². The van der Waals surface area contributed by atoms with E-state index < -0.39 is 12.1 Å². The summed E-state index contributed by atoms with van der Waals surface area (Å²) >= 11 is 6.51. The maximum absolute atomic E-state index is 13.6. The molecule has 0 saturated carbocycles. The quantitative estimate of drug-likeness (QED) is 0.296. The Balaban J connectivity index is 1.12. The van der Waals surface area contributed by atoms with E-state index >= 15 is 0 Å². The molecule has 2 saturated heterocycles. The summed E-state index contributed by atoms with van der Waals surface area (Å²) in [6, 6.07) is 10.4. The van der Waals surface area contributed by atoms with E-state index in [2.05, 4.69) is 44.2 Å². The minimum absolute atomic E-state index is 0.219. The van der Waals surface area contributed by atoms with Gasteiger partial charge < -0.3 is 30.3 Å². The van der Waals surface area contributed by atoms with Crippen LogP contribution in [0.15, 0.2) is 42.6 Å². The molecule has 2 atom stereocenters. The third-order valence-electron chi connectivity index (χ3n) is 9.34. The van der Waals surface area contributed by atoms with Crippen LogP contribution in [0.25, 0.3) is 11.3 Å². The Morgan fingerprint density at radius 2 is 1.85 bits per heavy atom. The number of hydrogen-bond donors (Lipinski definition) is 3. The van der Waals surface area contributed by atoms with Crippen molar-refractivity contribution in [2.24, 2.45) is 0 Å². The average molecular weight is 663 g/mol. The molecule has 12 nitrogen and oxygen atoms in total. The zero-order valence-corrected chi connectivity index (χ0v) is 27.9. The molecule has 2 amide bonds. The molecule has 6 rings (SSSR count). The number of ether oxygens (including phenoxy) is 1. The van der Waals surface area contributed by atoms with E-state index in [0.29, 0.717) is 52.7 Å². The van der Waals surface area contributed by atoms with Crippen molar-refractivity contribution in [3.8, 4) is 11.3 Å². The number of benzene rings is 1. The highest BCUT2D eigenvalue weighted by Gasteiger charge is 2.35. The number of nitrogens with one attached hydrogen (secondary N) is 2. The Hall–Kier alpha value is -3.84. The molecule has 3 aromatic rings. The summed E-state index contributed by atoms with van der Waals surface area (Å²) in [5, 5.41) is 16.9. The van der Waals surface area contributed by atoms with Gasteiger partial charge in [-0.2, -0.15) is 0 Å². The Morgan fingerprint density at radius 1 is 1.09 bits per heavy atom. The lowest BCUT2D eigenvalue weighted by atomic mass is 10.0. The first kappa shape index (κ1) is 33.1. The van der Waals surface area contributed by atoms with Crippen LogP contribution in [-0.4, -0.2) is 106 Å². The second kappa shape index (κ2) is 14.5. The van der Waals surface area contributed by atoms with Gasteiger partial charge in [0.15, 0.2) is 0 Å². The van der Waals surface area contributed by atoms with Crippen molar-refractivity contribution < 1.29 is 19.4 Å². The molecule has 0 bridgehead atoms. The number of aromatic nitrogens is 3. The molecular weight excluding hydrogens is 620 g/mol. The molecule has 3 aliphatic rings. The third kappa shape index (κ3) is 7.35. The van der Waals surface area contributed by atoms with Gasteiger partial charge in [-0.15, -0.1) is 0 Å². The van der Waals surface area contributed by atoms with Gasteiger partial charge in [0.1, 0.15) is 11.9 Å². The molecule has 250 valence electrons. The molecule has 3 N–H and O–H groups in total. The molecular formula is C34H43ClN8O4. The molecule has 0 spiro atoms. The summed E-state index contributed by atoms with van der Waals surface area (Å²) < 4.78 is 5.44. The van der Waals surface area contributed by atoms with Crippen LogP contribution in [0.1, 0.15) is 61.3 Å². The Labute approximate surface area is 280 Å². The van der Waals surface area contributed by atoms with Gasteiger partial charge in [0, 0.05) is 69.1 Å². The van der Waals surface area contributed by atoms with E-state index in [4.69, 9.17) is 21.3 Å². The fourth-order valence-electron chi connectivity index (χ4n) is 6.37. The fraction of sp³-hybridized carbons (Fsp3) is 0.500. The zero-order valence-electron chi connectivity index (χ0n) is 27.2. The SMILES string of the molecule is CC(C)N1CCN(c2cccc([C@@H](CO)NC(=O)[C@@H](C)N3Cc4ccc(-c5nc(NC6CCOCC6)ncc5Cl)cc4C3=O)n2)CC1. The van der Waals surface area contributed by atoms with Crippen LogP contribution < -0.4 is 15.5 Å².